The highest BCUT2D eigenvalue weighted by Gasteiger charge is 2.10. The molecule has 0 unspecified atom stereocenters. The summed E-state index contributed by atoms with van der Waals surface area (Å²) in [6.45, 7) is 4.60. The molecule has 0 aliphatic rings. The van der Waals surface area contributed by atoms with Crippen molar-refractivity contribution in [3.63, 3.8) is 0 Å². The molecule has 0 saturated heterocycles. The van der Waals surface area contributed by atoms with Gasteiger partial charge in [0.15, 0.2) is 5.82 Å². The van der Waals surface area contributed by atoms with Crippen LogP contribution in [-0.4, -0.2) is 39.8 Å². The summed E-state index contributed by atoms with van der Waals surface area (Å²) < 4.78 is 1.79. The zero-order valence-electron chi connectivity index (χ0n) is 15.4. The monoisotopic (exact) mass is 350 g/mol. The van der Waals surface area contributed by atoms with Crippen molar-refractivity contribution in [1.29, 1.82) is 0 Å². The van der Waals surface area contributed by atoms with E-state index in [4.69, 9.17) is 0 Å². The minimum atomic E-state index is -0.0895. The number of anilines is 1. The summed E-state index contributed by atoms with van der Waals surface area (Å²) in [5, 5.41) is 7.08. The third kappa shape index (κ3) is 3.72. The fraction of sp³-hybridized carbons (Fsp3) is 0.263. The van der Waals surface area contributed by atoms with Gasteiger partial charge < -0.3 is 10.2 Å². The van der Waals surface area contributed by atoms with E-state index in [2.05, 4.69) is 20.4 Å². The Kier molecular flexibility index (Phi) is 4.97. The number of aromatic nitrogens is 4. The average molecular weight is 350 g/mol. The smallest absolute Gasteiger partial charge is 0.251 e. The molecule has 0 aliphatic heterocycles. The van der Waals surface area contributed by atoms with Gasteiger partial charge in [0, 0.05) is 31.9 Å². The Hall–Kier alpha value is -3.22. The number of rotatable bonds is 5. The third-order valence-corrected chi connectivity index (χ3v) is 4.09. The highest BCUT2D eigenvalue weighted by molar-refractivity contribution is 5.93. The lowest BCUT2D eigenvalue weighted by Gasteiger charge is -2.18. The maximum absolute atomic E-state index is 11.6. The first-order valence-electron chi connectivity index (χ1n) is 8.36. The summed E-state index contributed by atoms with van der Waals surface area (Å²) >= 11 is 0. The number of carbonyl (C=O) groups excluding carboxylic acids is 1. The number of carbonyl (C=O) groups is 1. The van der Waals surface area contributed by atoms with Gasteiger partial charge in [-0.15, -0.1) is 0 Å². The maximum Gasteiger partial charge on any atom is 0.251 e. The second-order valence-corrected chi connectivity index (χ2v) is 6.21. The molecule has 3 aromatic rings. The van der Waals surface area contributed by atoms with Gasteiger partial charge in [-0.3, -0.25) is 9.78 Å². The molecule has 1 N–H and O–H groups in total. The van der Waals surface area contributed by atoms with Crippen LogP contribution in [0, 0.1) is 13.8 Å². The summed E-state index contributed by atoms with van der Waals surface area (Å²) in [6.07, 6.45) is 3.43. The summed E-state index contributed by atoms with van der Waals surface area (Å²) in [5.41, 5.74) is 3.68. The molecule has 0 aliphatic carbocycles. The maximum atomic E-state index is 11.6. The number of nitrogens with one attached hydrogen (secondary N) is 1. The van der Waals surface area contributed by atoms with Gasteiger partial charge in [-0.25, -0.2) is 9.67 Å². The topological polar surface area (TPSA) is 75.9 Å². The first-order chi connectivity index (χ1) is 12.5. The van der Waals surface area contributed by atoms with Crippen LogP contribution >= 0.6 is 0 Å². The van der Waals surface area contributed by atoms with Gasteiger partial charge >= 0.3 is 0 Å². The molecular formula is C19H22N6O. The molecule has 134 valence electrons. The number of nitrogens with zero attached hydrogens (tertiary/aromatic N) is 5. The molecule has 3 rings (SSSR count). The molecular weight excluding hydrogens is 328 g/mol. The Labute approximate surface area is 152 Å². The van der Waals surface area contributed by atoms with Crippen LogP contribution in [0.3, 0.4) is 0 Å². The van der Waals surface area contributed by atoms with Gasteiger partial charge in [-0.2, -0.15) is 5.10 Å². The van der Waals surface area contributed by atoms with Gasteiger partial charge in [-0.1, -0.05) is 12.1 Å². The minimum absolute atomic E-state index is 0.0895. The summed E-state index contributed by atoms with van der Waals surface area (Å²) in [7, 11) is 3.58. The number of aryl methyl sites for hydroxylation is 2. The van der Waals surface area contributed by atoms with Crippen molar-refractivity contribution >= 4 is 11.7 Å². The Morgan fingerprint density at radius 1 is 1.19 bits per heavy atom. The first kappa shape index (κ1) is 17.6. The second kappa shape index (κ2) is 7.35. The van der Waals surface area contributed by atoms with Crippen molar-refractivity contribution in [3.8, 4) is 5.82 Å². The van der Waals surface area contributed by atoms with Gasteiger partial charge in [-0.05, 0) is 37.6 Å². The van der Waals surface area contributed by atoms with Crippen LogP contribution in [0.5, 0.6) is 0 Å². The average Bonchev–Trinajstić information content (AvgIpc) is 3.00. The van der Waals surface area contributed by atoms with Gasteiger partial charge in [0.05, 0.1) is 18.1 Å². The molecule has 2 heterocycles. The van der Waals surface area contributed by atoms with E-state index < -0.39 is 0 Å². The van der Waals surface area contributed by atoms with Crippen LogP contribution in [-0.2, 0) is 6.54 Å². The van der Waals surface area contributed by atoms with Gasteiger partial charge in [0.1, 0.15) is 5.82 Å². The summed E-state index contributed by atoms with van der Waals surface area (Å²) in [6, 6.07) is 9.53. The van der Waals surface area contributed by atoms with Crippen molar-refractivity contribution in [1.82, 2.24) is 25.1 Å². The molecule has 0 atom stereocenters. The van der Waals surface area contributed by atoms with Crippen LogP contribution in [0.4, 0.5) is 5.82 Å². The predicted molar refractivity (Wildman–Crippen MR) is 101 cm³/mol. The van der Waals surface area contributed by atoms with Crippen LogP contribution in [0.25, 0.3) is 5.82 Å². The lowest BCUT2D eigenvalue weighted by Crippen LogP contribution is -2.20. The van der Waals surface area contributed by atoms with E-state index in [-0.39, 0.29) is 5.91 Å². The first-order valence-corrected chi connectivity index (χ1v) is 8.36. The Balaban J connectivity index is 1.78. The van der Waals surface area contributed by atoms with Crippen molar-refractivity contribution in [2.75, 3.05) is 19.0 Å². The van der Waals surface area contributed by atoms with E-state index in [1.807, 2.05) is 56.1 Å². The third-order valence-electron chi connectivity index (χ3n) is 4.09. The quantitative estimate of drug-likeness (QED) is 0.764. The highest BCUT2D eigenvalue weighted by atomic mass is 16.1. The lowest BCUT2D eigenvalue weighted by atomic mass is 10.1. The molecule has 0 bridgehead atoms. The van der Waals surface area contributed by atoms with Gasteiger partial charge in [0.25, 0.3) is 5.91 Å². The van der Waals surface area contributed by atoms with Crippen LogP contribution in [0.1, 0.15) is 27.3 Å². The number of amides is 1. The molecule has 7 heteroatoms. The normalized spacial score (nSPS) is 10.6. The van der Waals surface area contributed by atoms with Crippen LogP contribution in [0.15, 0.2) is 42.7 Å². The zero-order valence-corrected chi connectivity index (χ0v) is 15.4. The molecule has 0 fully saturated rings. The zero-order chi connectivity index (χ0) is 18.7. The van der Waals surface area contributed by atoms with Crippen molar-refractivity contribution < 1.29 is 4.79 Å². The largest absolute Gasteiger partial charge is 0.355 e. The standard InChI is InChI=1S/C19H22N6O/c1-13-9-14(2)25(23-13)18-11-21-10-17(22-18)24(4)12-15-5-7-16(8-6-15)19(26)20-3/h5-11H,12H2,1-4H3,(H,20,26). The van der Waals surface area contributed by atoms with Crippen LogP contribution in [0.2, 0.25) is 0 Å². The van der Waals surface area contributed by atoms with E-state index in [0.717, 1.165) is 22.8 Å². The van der Waals surface area contributed by atoms with E-state index in [0.29, 0.717) is 17.9 Å². The minimum Gasteiger partial charge on any atom is -0.355 e. The van der Waals surface area contributed by atoms with Gasteiger partial charge in [0.2, 0.25) is 0 Å². The van der Waals surface area contributed by atoms with E-state index in [1.165, 1.54) is 0 Å². The second-order valence-electron chi connectivity index (χ2n) is 6.21. The number of hydrogen-bond acceptors (Lipinski definition) is 5. The Morgan fingerprint density at radius 2 is 1.92 bits per heavy atom. The highest BCUT2D eigenvalue weighted by Crippen LogP contribution is 2.16. The van der Waals surface area contributed by atoms with Crippen molar-refractivity contribution in [2.24, 2.45) is 0 Å². The number of benzene rings is 1. The SMILES string of the molecule is CNC(=O)c1ccc(CN(C)c2cncc(-n3nc(C)cc3C)n2)cc1. The fourth-order valence-electron chi connectivity index (χ4n) is 2.75. The molecule has 0 saturated carbocycles. The predicted octanol–water partition coefficient (Wildman–Crippen LogP) is 2.28. The summed E-state index contributed by atoms with van der Waals surface area (Å²) in [4.78, 5) is 22.6. The molecule has 2 aromatic heterocycles. The van der Waals surface area contributed by atoms with Crippen LogP contribution < -0.4 is 10.2 Å². The molecule has 7 nitrogen and oxygen atoms in total. The van der Waals surface area contributed by atoms with E-state index >= 15 is 0 Å². The molecule has 0 spiro atoms. The fourth-order valence-corrected chi connectivity index (χ4v) is 2.75. The molecule has 1 aromatic carbocycles. The molecule has 0 radical (unpaired) electrons. The lowest BCUT2D eigenvalue weighted by molar-refractivity contribution is 0.0963. The van der Waals surface area contributed by atoms with Crippen molar-refractivity contribution in [2.45, 2.75) is 20.4 Å². The van der Waals surface area contributed by atoms with E-state index in [9.17, 15) is 4.79 Å². The Bertz CT molecular complexity index is 916. The van der Waals surface area contributed by atoms with Crippen molar-refractivity contribution in [3.05, 3.63) is 65.2 Å². The van der Waals surface area contributed by atoms with E-state index in [1.54, 1.807) is 24.1 Å². The summed E-state index contributed by atoms with van der Waals surface area (Å²) in [5.74, 6) is 1.36. The Morgan fingerprint density at radius 3 is 2.54 bits per heavy atom. The number of hydrogen-bond donors (Lipinski definition) is 1. The molecule has 26 heavy (non-hydrogen) atoms. The molecule has 1 amide bonds.